The van der Waals surface area contributed by atoms with E-state index in [2.05, 4.69) is 55.4 Å². The Morgan fingerprint density at radius 3 is 1.19 bits per heavy atom. The molecule has 0 rings (SSSR count). The maximum atomic E-state index is 6.70. The molecule has 0 aliphatic rings. The molecule has 0 aliphatic carbocycles. The molecular formula is C20H42O. The summed E-state index contributed by atoms with van der Waals surface area (Å²) in [5.74, 6) is 2.84. The van der Waals surface area contributed by atoms with Gasteiger partial charge in [0.2, 0.25) is 0 Å². The summed E-state index contributed by atoms with van der Waals surface area (Å²) in [4.78, 5) is 0. The van der Waals surface area contributed by atoms with Gasteiger partial charge in [-0.1, -0.05) is 81.1 Å². The Labute approximate surface area is 135 Å². The monoisotopic (exact) mass is 298 g/mol. The highest BCUT2D eigenvalue weighted by Crippen LogP contribution is 2.30. The zero-order valence-electron chi connectivity index (χ0n) is 16.1. The van der Waals surface area contributed by atoms with Crippen LogP contribution in [0.3, 0.4) is 0 Å². The van der Waals surface area contributed by atoms with Gasteiger partial charge in [0, 0.05) is 0 Å². The first-order valence-electron chi connectivity index (χ1n) is 9.58. The summed E-state index contributed by atoms with van der Waals surface area (Å²) in [7, 11) is 0. The Balaban J connectivity index is 4.87. The van der Waals surface area contributed by atoms with Crippen LogP contribution in [0.4, 0.5) is 0 Å². The third-order valence-corrected chi connectivity index (χ3v) is 5.75. The van der Waals surface area contributed by atoms with E-state index in [1.54, 1.807) is 0 Å². The lowest BCUT2D eigenvalue weighted by Crippen LogP contribution is -2.35. The third kappa shape index (κ3) is 7.17. The van der Waals surface area contributed by atoms with Crippen molar-refractivity contribution in [1.29, 1.82) is 0 Å². The first-order chi connectivity index (χ1) is 9.92. The standard InChI is InChI=1S/C20H42O/c1-9-13-19(17(7)15(5)11-3)21-20(14-10-2)18(8)16(6)12-4/h15-20H,9-14H2,1-8H3. The lowest BCUT2D eigenvalue weighted by Gasteiger charge is -2.36. The van der Waals surface area contributed by atoms with Crippen LogP contribution in [0.15, 0.2) is 0 Å². The predicted octanol–water partition coefficient (Wildman–Crippen LogP) is 6.70. The van der Waals surface area contributed by atoms with Crippen LogP contribution in [0.25, 0.3) is 0 Å². The molecule has 0 aliphatic heterocycles. The van der Waals surface area contributed by atoms with Crippen LogP contribution in [-0.2, 0) is 4.74 Å². The Hall–Kier alpha value is -0.0400. The molecule has 0 spiro atoms. The summed E-state index contributed by atoms with van der Waals surface area (Å²) < 4.78 is 6.70. The zero-order chi connectivity index (χ0) is 16.4. The van der Waals surface area contributed by atoms with Crippen molar-refractivity contribution in [3.63, 3.8) is 0 Å². The molecule has 0 N–H and O–H groups in total. The molecule has 6 atom stereocenters. The highest BCUT2D eigenvalue weighted by atomic mass is 16.5. The van der Waals surface area contributed by atoms with E-state index in [4.69, 9.17) is 4.74 Å². The van der Waals surface area contributed by atoms with Crippen LogP contribution in [0.5, 0.6) is 0 Å². The quantitative estimate of drug-likeness (QED) is 0.389. The molecule has 21 heavy (non-hydrogen) atoms. The maximum Gasteiger partial charge on any atom is 0.0607 e. The average molecular weight is 299 g/mol. The Kier molecular flexibility index (Phi) is 11.5. The van der Waals surface area contributed by atoms with E-state index in [1.807, 2.05) is 0 Å². The minimum Gasteiger partial charge on any atom is -0.374 e. The van der Waals surface area contributed by atoms with Crippen molar-refractivity contribution in [1.82, 2.24) is 0 Å². The van der Waals surface area contributed by atoms with Gasteiger partial charge in [0.15, 0.2) is 0 Å². The summed E-state index contributed by atoms with van der Waals surface area (Å²) in [5.41, 5.74) is 0. The molecule has 0 bridgehead atoms. The number of rotatable bonds is 12. The first kappa shape index (κ1) is 21.0. The molecule has 6 unspecified atom stereocenters. The van der Waals surface area contributed by atoms with Gasteiger partial charge in [-0.05, 0) is 36.5 Å². The largest absolute Gasteiger partial charge is 0.374 e. The van der Waals surface area contributed by atoms with E-state index < -0.39 is 0 Å². The molecule has 0 amide bonds. The van der Waals surface area contributed by atoms with Crippen LogP contribution in [0, 0.1) is 23.7 Å². The van der Waals surface area contributed by atoms with Gasteiger partial charge >= 0.3 is 0 Å². The fourth-order valence-corrected chi connectivity index (χ4v) is 3.18. The number of ether oxygens (including phenoxy) is 1. The minimum atomic E-state index is 0.438. The second kappa shape index (κ2) is 11.5. The van der Waals surface area contributed by atoms with Crippen LogP contribution in [-0.4, -0.2) is 12.2 Å². The van der Waals surface area contributed by atoms with Crippen LogP contribution >= 0.6 is 0 Å². The van der Waals surface area contributed by atoms with Crippen molar-refractivity contribution in [3.05, 3.63) is 0 Å². The number of hydrogen-bond acceptors (Lipinski definition) is 1. The molecule has 1 heteroatoms. The smallest absolute Gasteiger partial charge is 0.0607 e. The normalized spacial score (nSPS) is 20.6. The van der Waals surface area contributed by atoms with Gasteiger partial charge < -0.3 is 4.74 Å². The lowest BCUT2D eigenvalue weighted by atomic mass is 9.84. The van der Waals surface area contributed by atoms with Gasteiger partial charge in [0.05, 0.1) is 12.2 Å². The molecule has 0 aromatic rings. The molecule has 128 valence electrons. The molecule has 0 fully saturated rings. The van der Waals surface area contributed by atoms with Crippen molar-refractivity contribution in [2.45, 2.75) is 106 Å². The predicted molar refractivity (Wildman–Crippen MR) is 95.7 cm³/mol. The molecule has 1 nitrogen and oxygen atoms in total. The molecule has 0 heterocycles. The maximum absolute atomic E-state index is 6.70. The van der Waals surface area contributed by atoms with Crippen LogP contribution in [0.1, 0.15) is 93.9 Å². The van der Waals surface area contributed by atoms with Gasteiger partial charge in [-0.2, -0.15) is 0 Å². The fraction of sp³-hybridized carbons (Fsp3) is 1.00. The zero-order valence-corrected chi connectivity index (χ0v) is 16.1. The average Bonchev–Trinajstić information content (AvgIpc) is 2.50. The summed E-state index contributed by atoms with van der Waals surface area (Å²) in [6.45, 7) is 18.7. The second-order valence-electron chi connectivity index (χ2n) is 7.28. The fourth-order valence-electron chi connectivity index (χ4n) is 3.18. The summed E-state index contributed by atoms with van der Waals surface area (Å²) in [6, 6.07) is 0. The van der Waals surface area contributed by atoms with E-state index in [-0.39, 0.29) is 0 Å². The van der Waals surface area contributed by atoms with E-state index in [9.17, 15) is 0 Å². The van der Waals surface area contributed by atoms with E-state index >= 15 is 0 Å². The Bertz CT molecular complexity index is 214. The van der Waals surface area contributed by atoms with Gasteiger partial charge in [0.1, 0.15) is 0 Å². The van der Waals surface area contributed by atoms with E-state index in [0.29, 0.717) is 24.0 Å². The van der Waals surface area contributed by atoms with Crippen molar-refractivity contribution in [2.24, 2.45) is 23.7 Å². The Morgan fingerprint density at radius 2 is 0.952 bits per heavy atom. The summed E-state index contributed by atoms with van der Waals surface area (Å²) in [5, 5.41) is 0. The topological polar surface area (TPSA) is 9.23 Å². The van der Waals surface area contributed by atoms with E-state index in [1.165, 1.54) is 38.5 Å². The van der Waals surface area contributed by atoms with Crippen molar-refractivity contribution in [2.75, 3.05) is 0 Å². The van der Waals surface area contributed by atoms with Crippen molar-refractivity contribution < 1.29 is 4.74 Å². The summed E-state index contributed by atoms with van der Waals surface area (Å²) in [6.07, 6.45) is 8.25. The van der Waals surface area contributed by atoms with Crippen molar-refractivity contribution >= 4 is 0 Å². The van der Waals surface area contributed by atoms with Gasteiger partial charge in [-0.3, -0.25) is 0 Å². The first-order valence-corrected chi connectivity index (χ1v) is 9.58. The minimum absolute atomic E-state index is 0.438. The highest BCUT2D eigenvalue weighted by Gasteiger charge is 2.28. The van der Waals surface area contributed by atoms with Gasteiger partial charge in [0.25, 0.3) is 0 Å². The molecule has 0 aromatic carbocycles. The van der Waals surface area contributed by atoms with E-state index in [0.717, 1.165) is 11.8 Å². The molecule has 0 saturated heterocycles. The summed E-state index contributed by atoms with van der Waals surface area (Å²) >= 11 is 0. The molecule has 0 saturated carbocycles. The highest BCUT2D eigenvalue weighted by molar-refractivity contribution is 4.77. The van der Waals surface area contributed by atoms with Crippen LogP contribution < -0.4 is 0 Å². The number of hydrogen-bond donors (Lipinski definition) is 0. The SMILES string of the molecule is CCCC(OC(CCC)C(C)C(C)CC)C(C)C(C)CC. The second-order valence-corrected chi connectivity index (χ2v) is 7.28. The van der Waals surface area contributed by atoms with Crippen molar-refractivity contribution in [3.8, 4) is 0 Å². The lowest BCUT2D eigenvalue weighted by molar-refractivity contribution is -0.0877. The van der Waals surface area contributed by atoms with Gasteiger partial charge in [-0.15, -0.1) is 0 Å². The van der Waals surface area contributed by atoms with Gasteiger partial charge in [-0.25, -0.2) is 0 Å². The molecule has 0 aromatic heterocycles. The Morgan fingerprint density at radius 1 is 0.619 bits per heavy atom. The molecular weight excluding hydrogens is 256 g/mol. The van der Waals surface area contributed by atoms with Crippen LogP contribution in [0.2, 0.25) is 0 Å². The third-order valence-electron chi connectivity index (χ3n) is 5.75. The molecule has 0 radical (unpaired) electrons.